The normalized spacial score (nSPS) is 29.6. The van der Waals surface area contributed by atoms with Gasteiger partial charge in [-0.25, -0.2) is 0 Å². The summed E-state index contributed by atoms with van der Waals surface area (Å²) in [7, 11) is 0. The highest BCUT2D eigenvalue weighted by Gasteiger charge is 2.53. The number of alkyl halides is 3. The molecule has 0 aliphatic carbocycles. The first-order valence-electron chi connectivity index (χ1n) is 7.48. The van der Waals surface area contributed by atoms with Gasteiger partial charge in [0.1, 0.15) is 0 Å². The number of nitrogens with zero attached hydrogens (tertiary/aromatic N) is 1. The summed E-state index contributed by atoms with van der Waals surface area (Å²) in [6.07, 6.45) is -1.18. The molecule has 0 radical (unpaired) electrons. The molecule has 3 atom stereocenters. The number of rotatable bonds is 4. The molecule has 0 aromatic heterocycles. The van der Waals surface area contributed by atoms with Gasteiger partial charge in [-0.2, -0.15) is 13.2 Å². The highest BCUT2D eigenvalue weighted by Crippen LogP contribution is 2.38. The largest absolute Gasteiger partial charge is 0.481 e. The summed E-state index contributed by atoms with van der Waals surface area (Å²) < 4.78 is 44.1. The molecule has 2 aliphatic rings. The maximum Gasteiger partial charge on any atom is 0.394 e. The molecule has 1 N–H and O–H groups in total. The van der Waals surface area contributed by atoms with Crippen LogP contribution in [0.3, 0.4) is 0 Å². The van der Waals surface area contributed by atoms with Gasteiger partial charge in [0.25, 0.3) is 0 Å². The Bertz CT molecular complexity index is 421. The number of aliphatic carboxylic acids is 1. The number of carboxylic acid groups (broad SMARTS) is 1. The van der Waals surface area contributed by atoms with E-state index in [4.69, 9.17) is 9.84 Å². The molecule has 2 heterocycles. The molecule has 1 unspecified atom stereocenters. The predicted molar refractivity (Wildman–Crippen MR) is 70.1 cm³/mol. The van der Waals surface area contributed by atoms with E-state index in [-0.39, 0.29) is 19.1 Å². The van der Waals surface area contributed by atoms with Crippen molar-refractivity contribution in [2.45, 2.75) is 44.4 Å². The van der Waals surface area contributed by atoms with Crippen LogP contribution in [0.2, 0.25) is 0 Å². The fourth-order valence-electron chi connectivity index (χ4n) is 3.07. The Balaban J connectivity index is 1.89. The first-order valence-corrected chi connectivity index (χ1v) is 7.48. The van der Waals surface area contributed by atoms with E-state index < -0.39 is 36.4 Å². The van der Waals surface area contributed by atoms with Crippen molar-refractivity contribution >= 4 is 11.9 Å². The second kappa shape index (κ2) is 6.85. The van der Waals surface area contributed by atoms with Gasteiger partial charge in [-0.3, -0.25) is 9.59 Å². The summed E-state index contributed by atoms with van der Waals surface area (Å²) in [5, 5.41) is 8.92. The van der Waals surface area contributed by atoms with Crippen LogP contribution >= 0.6 is 0 Å². The van der Waals surface area contributed by atoms with Gasteiger partial charge in [0, 0.05) is 26.1 Å². The van der Waals surface area contributed by atoms with Crippen LogP contribution in [0.15, 0.2) is 0 Å². The third-order valence-electron chi connectivity index (χ3n) is 4.36. The summed E-state index contributed by atoms with van der Waals surface area (Å²) in [6, 6.07) is 0. The van der Waals surface area contributed by atoms with Crippen LogP contribution in [0.25, 0.3) is 0 Å². The van der Waals surface area contributed by atoms with Crippen LogP contribution in [0.1, 0.15) is 32.1 Å². The Labute approximate surface area is 126 Å². The number of halogens is 3. The second-order valence-corrected chi connectivity index (χ2v) is 5.92. The molecule has 0 bridgehead atoms. The van der Waals surface area contributed by atoms with Crippen molar-refractivity contribution in [1.29, 1.82) is 0 Å². The number of carbonyl (C=O) groups is 2. The van der Waals surface area contributed by atoms with Crippen LogP contribution in [-0.2, 0) is 14.3 Å². The average Bonchev–Trinajstić information content (AvgIpc) is 2.91. The van der Waals surface area contributed by atoms with Crippen LogP contribution < -0.4 is 0 Å². The summed E-state index contributed by atoms with van der Waals surface area (Å²) in [6.45, 7) is -0.283. The van der Waals surface area contributed by atoms with E-state index in [2.05, 4.69) is 0 Å². The van der Waals surface area contributed by atoms with Crippen LogP contribution in [-0.4, -0.2) is 53.9 Å². The van der Waals surface area contributed by atoms with Crippen molar-refractivity contribution in [3.8, 4) is 0 Å². The SMILES string of the molecule is O=C(O)[C@@H]1CN(C(=O)CCC2CCCCO2)C[C@H]1C(F)(F)F. The zero-order valence-electron chi connectivity index (χ0n) is 12.1. The number of likely N-dealkylation sites (tertiary alicyclic amines) is 1. The van der Waals surface area contributed by atoms with Crippen molar-refractivity contribution in [3.05, 3.63) is 0 Å². The molecule has 5 nitrogen and oxygen atoms in total. The van der Waals surface area contributed by atoms with Crippen LogP contribution in [0.4, 0.5) is 13.2 Å². The first-order chi connectivity index (χ1) is 10.3. The molecule has 2 rings (SSSR count). The number of amides is 1. The molecule has 2 aliphatic heterocycles. The lowest BCUT2D eigenvalue weighted by Crippen LogP contribution is -2.34. The van der Waals surface area contributed by atoms with Crippen molar-refractivity contribution < 1.29 is 32.6 Å². The number of carbonyl (C=O) groups excluding carboxylic acids is 1. The lowest BCUT2D eigenvalue weighted by Gasteiger charge is -2.23. The zero-order chi connectivity index (χ0) is 16.3. The molecule has 0 spiro atoms. The van der Waals surface area contributed by atoms with E-state index in [1.54, 1.807) is 0 Å². The van der Waals surface area contributed by atoms with Crippen molar-refractivity contribution in [2.24, 2.45) is 11.8 Å². The summed E-state index contributed by atoms with van der Waals surface area (Å²) in [5.74, 6) is -5.49. The lowest BCUT2D eigenvalue weighted by molar-refractivity contribution is -0.188. The quantitative estimate of drug-likeness (QED) is 0.860. The van der Waals surface area contributed by atoms with Gasteiger partial charge in [-0.15, -0.1) is 0 Å². The number of ether oxygens (including phenoxy) is 1. The third-order valence-corrected chi connectivity index (χ3v) is 4.36. The Kier molecular flexibility index (Phi) is 5.31. The molecule has 126 valence electrons. The topological polar surface area (TPSA) is 66.8 Å². The maximum atomic E-state index is 12.9. The minimum Gasteiger partial charge on any atom is -0.481 e. The van der Waals surface area contributed by atoms with Crippen molar-refractivity contribution in [1.82, 2.24) is 4.90 Å². The van der Waals surface area contributed by atoms with Gasteiger partial charge in [0.2, 0.25) is 5.91 Å². The number of hydrogen-bond donors (Lipinski definition) is 1. The molecule has 22 heavy (non-hydrogen) atoms. The van der Waals surface area contributed by atoms with Crippen LogP contribution in [0, 0.1) is 11.8 Å². The van der Waals surface area contributed by atoms with Gasteiger partial charge in [-0.05, 0) is 25.7 Å². The smallest absolute Gasteiger partial charge is 0.394 e. The monoisotopic (exact) mass is 323 g/mol. The zero-order valence-corrected chi connectivity index (χ0v) is 12.1. The van der Waals surface area contributed by atoms with Crippen molar-refractivity contribution in [2.75, 3.05) is 19.7 Å². The van der Waals surface area contributed by atoms with Gasteiger partial charge in [0.05, 0.1) is 17.9 Å². The number of carboxylic acids is 1. The summed E-state index contributed by atoms with van der Waals surface area (Å²) >= 11 is 0. The molecule has 0 aromatic carbocycles. The molecule has 1 amide bonds. The molecular weight excluding hydrogens is 303 g/mol. The molecule has 2 fully saturated rings. The van der Waals surface area contributed by atoms with E-state index in [1.807, 2.05) is 0 Å². The standard InChI is InChI=1S/C14H20F3NO4/c15-14(16,17)11-8-18(7-10(11)13(20)21)12(19)5-4-9-3-1-2-6-22-9/h9-11H,1-8H2,(H,20,21)/t9?,10-,11-/m1/s1. The van der Waals surface area contributed by atoms with Gasteiger partial charge < -0.3 is 14.7 Å². The maximum absolute atomic E-state index is 12.9. The van der Waals surface area contributed by atoms with E-state index >= 15 is 0 Å². The highest BCUT2D eigenvalue weighted by atomic mass is 19.4. The van der Waals surface area contributed by atoms with E-state index in [1.165, 1.54) is 0 Å². The molecule has 0 aromatic rings. The Hall–Kier alpha value is -1.31. The highest BCUT2D eigenvalue weighted by molar-refractivity contribution is 5.79. The summed E-state index contributed by atoms with van der Waals surface area (Å²) in [4.78, 5) is 24.0. The fourth-order valence-corrected chi connectivity index (χ4v) is 3.07. The van der Waals surface area contributed by atoms with Gasteiger partial charge in [-0.1, -0.05) is 0 Å². The van der Waals surface area contributed by atoms with E-state index in [0.717, 1.165) is 24.2 Å². The fraction of sp³-hybridized carbons (Fsp3) is 0.857. The van der Waals surface area contributed by atoms with Crippen molar-refractivity contribution in [3.63, 3.8) is 0 Å². The first kappa shape index (κ1) is 17.1. The van der Waals surface area contributed by atoms with E-state index in [9.17, 15) is 22.8 Å². The Morgan fingerprint density at radius 3 is 2.45 bits per heavy atom. The molecule has 0 saturated carbocycles. The predicted octanol–water partition coefficient (Wildman–Crippen LogP) is 2.06. The number of hydrogen-bond acceptors (Lipinski definition) is 3. The van der Waals surface area contributed by atoms with Gasteiger partial charge in [0.15, 0.2) is 0 Å². The second-order valence-electron chi connectivity index (χ2n) is 5.92. The molecular formula is C14H20F3NO4. The lowest BCUT2D eigenvalue weighted by atomic mass is 9.96. The average molecular weight is 323 g/mol. The molecule has 2 saturated heterocycles. The Morgan fingerprint density at radius 2 is 1.95 bits per heavy atom. The van der Waals surface area contributed by atoms with E-state index in [0.29, 0.717) is 13.0 Å². The minimum absolute atomic E-state index is 0.0195. The summed E-state index contributed by atoms with van der Waals surface area (Å²) in [5.41, 5.74) is 0. The minimum atomic E-state index is -4.61. The Morgan fingerprint density at radius 1 is 1.23 bits per heavy atom. The third kappa shape index (κ3) is 4.12. The van der Waals surface area contributed by atoms with Gasteiger partial charge >= 0.3 is 12.1 Å². The molecule has 8 heteroatoms. The van der Waals surface area contributed by atoms with Crippen LogP contribution in [0.5, 0.6) is 0 Å².